The Hall–Kier alpha value is -0.540. The van der Waals surface area contributed by atoms with Gasteiger partial charge in [0.25, 0.3) is 0 Å². The molecule has 0 heterocycles. The average Bonchev–Trinajstić information content (AvgIpc) is 2.28. The van der Waals surface area contributed by atoms with E-state index in [1.165, 1.54) is 6.42 Å². The summed E-state index contributed by atoms with van der Waals surface area (Å²) < 4.78 is 7.29. The molecule has 2 nitrogen and oxygen atoms in total. The van der Waals surface area contributed by atoms with E-state index in [0.717, 1.165) is 34.5 Å². The molecule has 0 spiro atoms. The predicted molar refractivity (Wildman–Crippen MR) is 83.2 cm³/mol. The van der Waals surface area contributed by atoms with E-state index in [1.54, 1.807) is 0 Å². The van der Waals surface area contributed by atoms with Crippen LogP contribution in [0.4, 0.5) is 0 Å². The highest BCUT2D eigenvalue weighted by Gasteiger charge is 2.33. The molecular weight excluding hydrogens is 302 g/mol. The van der Waals surface area contributed by atoms with Crippen molar-refractivity contribution >= 4 is 15.9 Å². The summed E-state index contributed by atoms with van der Waals surface area (Å²) in [7, 11) is 0. The van der Waals surface area contributed by atoms with Crippen molar-refractivity contribution in [2.75, 3.05) is 0 Å². The fourth-order valence-electron chi connectivity index (χ4n) is 3.35. The van der Waals surface area contributed by atoms with Gasteiger partial charge in [-0.1, -0.05) is 36.7 Å². The quantitative estimate of drug-likeness (QED) is 0.887. The Morgan fingerprint density at radius 1 is 1.37 bits per heavy atom. The number of benzene rings is 1. The molecule has 0 aromatic heterocycles. The van der Waals surface area contributed by atoms with E-state index < -0.39 is 0 Å². The van der Waals surface area contributed by atoms with E-state index in [2.05, 4.69) is 36.7 Å². The van der Waals surface area contributed by atoms with Crippen LogP contribution in [0.15, 0.2) is 22.7 Å². The van der Waals surface area contributed by atoms with Crippen LogP contribution in [0.2, 0.25) is 0 Å². The molecule has 0 aliphatic heterocycles. The maximum atomic E-state index is 6.24. The maximum absolute atomic E-state index is 6.24. The minimum atomic E-state index is 0.310. The summed E-state index contributed by atoms with van der Waals surface area (Å²) in [5.74, 6) is 1.67. The van der Waals surface area contributed by atoms with Gasteiger partial charge in [-0.05, 0) is 48.8 Å². The number of halogens is 1. The lowest BCUT2D eigenvalue weighted by molar-refractivity contribution is 0.0556. The van der Waals surface area contributed by atoms with E-state index in [0.29, 0.717) is 18.1 Å². The smallest absolute Gasteiger partial charge is 0.124 e. The van der Waals surface area contributed by atoms with Gasteiger partial charge in [0, 0.05) is 16.6 Å². The van der Waals surface area contributed by atoms with Gasteiger partial charge in [-0.15, -0.1) is 0 Å². The van der Waals surface area contributed by atoms with Crippen LogP contribution in [0.3, 0.4) is 0 Å². The first kappa shape index (κ1) is 14.9. The van der Waals surface area contributed by atoms with Crippen molar-refractivity contribution in [3.05, 3.63) is 28.2 Å². The molecule has 1 aliphatic rings. The van der Waals surface area contributed by atoms with E-state index in [9.17, 15) is 0 Å². The van der Waals surface area contributed by atoms with Gasteiger partial charge in [0.2, 0.25) is 0 Å². The van der Waals surface area contributed by atoms with Crippen LogP contribution in [0, 0.1) is 11.3 Å². The van der Waals surface area contributed by atoms with Crippen LogP contribution >= 0.6 is 15.9 Å². The zero-order valence-electron chi connectivity index (χ0n) is 12.1. The van der Waals surface area contributed by atoms with Crippen LogP contribution in [0.5, 0.6) is 5.75 Å². The lowest BCUT2D eigenvalue weighted by Gasteiger charge is -2.39. The lowest BCUT2D eigenvalue weighted by atomic mass is 9.71. The normalized spacial score (nSPS) is 26.2. The Morgan fingerprint density at radius 2 is 2.11 bits per heavy atom. The van der Waals surface area contributed by atoms with Crippen LogP contribution in [-0.4, -0.2) is 6.10 Å². The Balaban J connectivity index is 2.12. The molecule has 2 atom stereocenters. The second-order valence-corrected chi connectivity index (χ2v) is 7.53. The molecule has 19 heavy (non-hydrogen) atoms. The summed E-state index contributed by atoms with van der Waals surface area (Å²) in [4.78, 5) is 0. The third-order valence-electron chi connectivity index (χ3n) is 3.88. The molecule has 1 aromatic rings. The Morgan fingerprint density at radius 3 is 2.74 bits per heavy atom. The molecule has 2 N–H and O–H groups in total. The highest BCUT2D eigenvalue weighted by Crippen LogP contribution is 2.40. The van der Waals surface area contributed by atoms with Crippen molar-refractivity contribution in [1.82, 2.24) is 0 Å². The number of nitrogens with two attached hydrogens (primary N) is 1. The summed E-state index contributed by atoms with van der Waals surface area (Å²) in [6.45, 7) is 7.51. The summed E-state index contributed by atoms with van der Waals surface area (Å²) in [5, 5.41) is 0. The SMILES string of the molecule is CC1CC(Oc2ccc(Br)cc2CN)CC(C)(C)C1. The number of hydrogen-bond donors (Lipinski definition) is 1. The molecule has 3 heteroatoms. The van der Waals surface area contributed by atoms with Gasteiger partial charge in [-0.25, -0.2) is 0 Å². The first-order valence-electron chi connectivity index (χ1n) is 7.05. The summed E-state index contributed by atoms with van der Waals surface area (Å²) in [6.07, 6.45) is 3.86. The monoisotopic (exact) mass is 325 g/mol. The van der Waals surface area contributed by atoms with Crippen LogP contribution < -0.4 is 10.5 Å². The van der Waals surface area contributed by atoms with Crippen LogP contribution in [0.1, 0.15) is 45.6 Å². The first-order chi connectivity index (χ1) is 8.89. The molecule has 1 saturated carbocycles. The molecule has 2 unspecified atom stereocenters. The molecule has 0 radical (unpaired) electrons. The van der Waals surface area contributed by atoms with Gasteiger partial charge >= 0.3 is 0 Å². The highest BCUT2D eigenvalue weighted by atomic mass is 79.9. The van der Waals surface area contributed by atoms with E-state index in [-0.39, 0.29) is 0 Å². The molecule has 1 fully saturated rings. The van der Waals surface area contributed by atoms with Crippen LogP contribution in [0.25, 0.3) is 0 Å². The molecular formula is C16H24BrNO. The van der Waals surface area contributed by atoms with Crippen molar-refractivity contribution in [2.45, 2.75) is 52.7 Å². The zero-order chi connectivity index (χ0) is 14.0. The Bertz CT molecular complexity index is 444. The fourth-order valence-corrected chi connectivity index (χ4v) is 3.76. The van der Waals surface area contributed by atoms with Crippen molar-refractivity contribution in [2.24, 2.45) is 17.1 Å². The summed E-state index contributed by atoms with van der Waals surface area (Å²) in [5.41, 5.74) is 7.25. The molecule has 0 bridgehead atoms. The van der Waals surface area contributed by atoms with Crippen molar-refractivity contribution in [3.8, 4) is 5.75 Å². The average molecular weight is 326 g/mol. The maximum Gasteiger partial charge on any atom is 0.124 e. The summed E-state index contributed by atoms with van der Waals surface area (Å²) in [6, 6.07) is 6.09. The molecule has 1 aromatic carbocycles. The van der Waals surface area contributed by atoms with Gasteiger partial charge in [-0.2, -0.15) is 0 Å². The zero-order valence-corrected chi connectivity index (χ0v) is 13.7. The largest absolute Gasteiger partial charge is 0.490 e. The standard InChI is InChI=1S/C16H24BrNO/c1-11-6-14(9-16(2,3)8-11)19-15-5-4-13(17)7-12(15)10-18/h4-5,7,11,14H,6,8-10,18H2,1-3H3. The van der Waals surface area contributed by atoms with Gasteiger partial charge < -0.3 is 10.5 Å². The Kier molecular flexibility index (Phi) is 4.57. The Labute approximate surface area is 124 Å². The summed E-state index contributed by atoms with van der Waals surface area (Å²) >= 11 is 3.48. The minimum Gasteiger partial charge on any atom is -0.490 e. The second-order valence-electron chi connectivity index (χ2n) is 6.61. The van der Waals surface area contributed by atoms with Gasteiger partial charge in [0.1, 0.15) is 5.75 Å². The number of ether oxygens (including phenoxy) is 1. The van der Waals surface area contributed by atoms with Gasteiger partial charge in [0.05, 0.1) is 6.10 Å². The van der Waals surface area contributed by atoms with Gasteiger partial charge in [0.15, 0.2) is 0 Å². The topological polar surface area (TPSA) is 35.2 Å². The first-order valence-corrected chi connectivity index (χ1v) is 7.84. The molecule has 2 rings (SSSR count). The molecule has 0 saturated heterocycles. The van der Waals surface area contributed by atoms with Gasteiger partial charge in [-0.3, -0.25) is 0 Å². The van der Waals surface area contributed by atoms with E-state index in [4.69, 9.17) is 10.5 Å². The second kappa shape index (κ2) is 5.84. The fraction of sp³-hybridized carbons (Fsp3) is 0.625. The minimum absolute atomic E-state index is 0.310. The van der Waals surface area contributed by atoms with Crippen molar-refractivity contribution in [3.63, 3.8) is 0 Å². The predicted octanol–water partition coefficient (Wildman–Crippen LogP) is 4.50. The van der Waals surface area contributed by atoms with E-state index in [1.807, 2.05) is 18.2 Å². The lowest BCUT2D eigenvalue weighted by Crippen LogP contribution is -2.34. The van der Waals surface area contributed by atoms with Crippen LogP contribution in [-0.2, 0) is 6.54 Å². The van der Waals surface area contributed by atoms with E-state index >= 15 is 0 Å². The van der Waals surface area contributed by atoms with Crippen molar-refractivity contribution < 1.29 is 4.74 Å². The van der Waals surface area contributed by atoms with Crippen molar-refractivity contribution in [1.29, 1.82) is 0 Å². The third kappa shape index (κ3) is 3.96. The molecule has 0 amide bonds. The molecule has 1 aliphatic carbocycles. The number of rotatable bonds is 3. The highest BCUT2D eigenvalue weighted by molar-refractivity contribution is 9.10. The number of hydrogen-bond acceptors (Lipinski definition) is 2. The molecule has 106 valence electrons. The third-order valence-corrected chi connectivity index (χ3v) is 4.38.